The fraction of sp³-hybridized carbons (Fsp3) is 0.250. The summed E-state index contributed by atoms with van der Waals surface area (Å²) in [4.78, 5) is 0. The predicted molar refractivity (Wildman–Crippen MR) is 70.4 cm³/mol. The van der Waals surface area contributed by atoms with Gasteiger partial charge in [-0.3, -0.25) is 4.68 Å². The van der Waals surface area contributed by atoms with Crippen molar-refractivity contribution in [2.45, 2.75) is 19.5 Å². The minimum absolute atomic E-state index is 0.258. The van der Waals surface area contributed by atoms with Crippen LogP contribution in [0.25, 0.3) is 0 Å². The van der Waals surface area contributed by atoms with Gasteiger partial charge in [0.2, 0.25) is 0 Å². The van der Waals surface area contributed by atoms with Gasteiger partial charge in [0, 0.05) is 28.4 Å². The van der Waals surface area contributed by atoms with Crippen molar-refractivity contribution in [2.75, 3.05) is 0 Å². The van der Waals surface area contributed by atoms with Crippen molar-refractivity contribution >= 4 is 23.2 Å². The lowest BCUT2D eigenvalue weighted by molar-refractivity contribution is 0.658. The first kappa shape index (κ1) is 12.4. The third-order valence-corrected chi connectivity index (χ3v) is 3.02. The number of benzene rings is 1. The van der Waals surface area contributed by atoms with Crippen molar-refractivity contribution in [3.63, 3.8) is 0 Å². The van der Waals surface area contributed by atoms with Crippen molar-refractivity contribution in [2.24, 2.45) is 5.73 Å². The number of halogens is 2. The molecule has 0 spiro atoms. The molecule has 0 radical (unpaired) electrons. The van der Waals surface area contributed by atoms with Crippen molar-refractivity contribution < 1.29 is 0 Å². The van der Waals surface area contributed by atoms with Crippen LogP contribution in [-0.2, 0) is 6.54 Å². The maximum Gasteiger partial charge on any atom is 0.0583 e. The van der Waals surface area contributed by atoms with Crippen molar-refractivity contribution in [3.05, 3.63) is 51.8 Å². The number of rotatable bonds is 3. The monoisotopic (exact) mass is 269 g/mol. The van der Waals surface area contributed by atoms with E-state index < -0.39 is 0 Å². The molecule has 0 saturated heterocycles. The van der Waals surface area contributed by atoms with E-state index in [0.717, 1.165) is 17.7 Å². The highest BCUT2D eigenvalue weighted by atomic mass is 35.5. The number of nitrogens with zero attached hydrogens (tertiary/aromatic N) is 2. The zero-order valence-corrected chi connectivity index (χ0v) is 10.9. The van der Waals surface area contributed by atoms with Crippen molar-refractivity contribution in [3.8, 4) is 0 Å². The molecule has 1 unspecified atom stereocenters. The van der Waals surface area contributed by atoms with E-state index in [-0.39, 0.29) is 6.04 Å². The number of hydrogen-bond acceptors (Lipinski definition) is 2. The van der Waals surface area contributed by atoms with E-state index in [9.17, 15) is 0 Å². The van der Waals surface area contributed by atoms with Crippen molar-refractivity contribution in [1.29, 1.82) is 0 Å². The third kappa shape index (κ3) is 2.80. The second kappa shape index (κ2) is 5.08. The molecule has 0 fully saturated rings. The summed E-state index contributed by atoms with van der Waals surface area (Å²) in [6.45, 7) is 2.85. The van der Waals surface area contributed by atoms with Gasteiger partial charge in [0.15, 0.2) is 0 Å². The number of nitrogens with two attached hydrogens (primary N) is 1. The summed E-state index contributed by atoms with van der Waals surface area (Å²) in [5, 5.41) is 5.37. The maximum atomic E-state index is 6.15. The van der Waals surface area contributed by atoms with Crippen LogP contribution in [0.1, 0.15) is 24.1 Å². The second-order valence-corrected chi connectivity index (χ2v) is 4.68. The third-order valence-electron chi connectivity index (χ3n) is 2.58. The molecule has 5 heteroatoms. The van der Waals surface area contributed by atoms with E-state index in [1.165, 1.54) is 0 Å². The van der Waals surface area contributed by atoms with Crippen LogP contribution >= 0.6 is 23.2 Å². The summed E-state index contributed by atoms with van der Waals surface area (Å²) < 4.78 is 1.83. The molecule has 2 aromatic rings. The Labute approximate surface area is 110 Å². The molecular weight excluding hydrogens is 257 g/mol. The molecule has 0 aliphatic rings. The predicted octanol–water partition coefficient (Wildman–Crippen LogP) is 3.26. The second-order valence-electron chi connectivity index (χ2n) is 3.81. The minimum Gasteiger partial charge on any atom is -0.320 e. The van der Waals surface area contributed by atoms with Gasteiger partial charge >= 0.3 is 0 Å². The molecule has 0 aliphatic heterocycles. The molecular formula is C12H13Cl2N3. The fourth-order valence-corrected chi connectivity index (χ4v) is 2.20. The van der Waals surface area contributed by atoms with Crippen LogP contribution in [0.4, 0.5) is 0 Å². The first-order chi connectivity index (χ1) is 8.10. The SMILES string of the molecule is CCn1cc(C(N)c2cc(Cl)cc(Cl)c2)cn1. The smallest absolute Gasteiger partial charge is 0.0583 e. The number of hydrogen-bond donors (Lipinski definition) is 1. The van der Waals surface area contributed by atoms with E-state index >= 15 is 0 Å². The number of aryl methyl sites for hydroxylation is 1. The molecule has 0 amide bonds. The Morgan fingerprint density at radius 3 is 2.41 bits per heavy atom. The van der Waals surface area contributed by atoms with Crippen LogP contribution in [0.3, 0.4) is 0 Å². The molecule has 2 N–H and O–H groups in total. The largest absolute Gasteiger partial charge is 0.320 e. The standard InChI is InChI=1S/C12H13Cl2N3/c1-2-17-7-9(6-16-17)12(15)8-3-10(13)5-11(14)4-8/h3-7,12H,2,15H2,1H3. The summed E-state index contributed by atoms with van der Waals surface area (Å²) in [5.74, 6) is 0. The zero-order chi connectivity index (χ0) is 12.4. The van der Waals surface area contributed by atoms with Gasteiger partial charge in [-0.25, -0.2) is 0 Å². The molecule has 17 heavy (non-hydrogen) atoms. The summed E-state index contributed by atoms with van der Waals surface area (Å²) in [6, 6.07) is 5.07. The molecule has 2 rings (SSSR count). The van der Waals surface area contributed by atoms with Gasteiger partial charge in [-0.15, -0.1) is 0 Å². The van der Waals surface area contributed by atoms with Crippen LogP contribution < -0.4 is 5.73 Å². The van der Waals surface area contributed by atoms with Gasteiger partial charge in [-0.1, -0.05) is 23.2 Å². The molecule has 1 heterocycles. The Balaban J connectivity index is 2.32. The first-order valence-corrected chi connectivity index (χ1v) is 6.09. The lowest BCUT2D eigenvalue weighted by Crippen LogP contribution is -2.11. The highest BCUT2D eigenvalue weighted by molar-refractivity contribution is 6.34. The van der Waals surface area contributed by atoms with Gasteiger partial charge in [0.25, 0.3) is 0 Å². The van der Waals surface area contributed by atoms with E-state index in [0.29, 0.717) is 10.0 Å². The van der Waals surface area contributed by atoms with Crippen LogP contribution in [0.5, 0.6) is 0 Å². The lowest BCUT2D eigenvalue weighted by Gasteiger charge is -2.10. The van der Waals surface area contributed by atoms with Crippen molar-refractivity contribution in [1.82, 2.24) is 9.78 Å². The topological polar surface area (TPSA) is 43.8 Å². The molecule has 0 aliphatic carbocycles. The molecule has 0 saturated carbocycles. The average molecular weight is 270 g/mol. The fourth-order valence-electron chi connectivity index (χ4n) is 1.66. The van der Waals surface area contributed by atoms with E-state index in [4.69, 9.17) is 28.9 Å². The summed E-state index contributed by atoms with van der Waals surface area (Å²) in [7, 11) is 0. The molecule has 1 atom stereocenters. The van der Waals surface area contributed by atoms with Gasteiger partial charge < -0.3 is 5.73 Å². The molecule has 1 aromatic carbocycles. The zero-order valence-electron chi connectivity index (χ0n) is 9.40. The quantitative estimate of drug-likeness (QED) is 0.930. The Bertz CT molecular complexity index is 502. The summed E-state index contributed by atoms with van der Waals surface area (Å²) in [6.07, 6.45) is 3.70. The molecule has 0 bridgehead atoms. The van der Waals surface area contributed by atoms with Gasteiger partial charge in [-0.05, 0) is 30.7 Å². The summed E-state index contributed by atoms with van der Waals surface area (Å²) in [5.41, 5.74) is 7.99. The Kier molecular flexibility index (Phi) is 3.72. The Morgan fingerprint density at radius 1 is 1.24 bits per heavy atom. The maximum absolute atomic E-state index is 6.15. The van der Waals surface area contributed by atoms with E-state index in [2.05, 4.69) is 5.10 Å². The number of aromatic nitrogens is 2. The Morgan fingerprint density at radius 2 is 1.88 bits per heavy atom. The van der Waals surface area contributed by atoms with Crippen LogP contribution in [-0.4, -0.2) is 9.78 Å². The van der Waals surface area contributed by atoms with E-state index in [1.807, 2.05) is 29.9 Å². The normalized spacial score (nSPS) is 12.7. The molecule has 1 aromatic heterocycles. The van der Waals surface area contributed by atoms with Crippen LogP contribution in [0.2, 0.25) is 10.0 Å². The highest BCUT2D eigenvalue weighted by Gasteiger charge is 2.12. The average Bonchev–Trinajstić information content (AvgIpc) is 2.75. The first-order valence-electron chi connectivity index (χ1n) is 5.34. The van der Waals surface area contributed by atoms with Gasteiger partial charge in [0.05, 0.1) is 12.2 Å². The lowest BCUT2D eigenvalue weighted by atomic mass is 10.0. The van der Waals surface area contributed by atoms with Crippen LogP contribution in [0.15, 0.2) is 30.6 Å². The van der Waals surface area contributed by atoms with Crippen LogP contribution in [0, 0.1) is 0 Å². The van der Waals surface area contributed by atoms with Gasteiger partial charge in [-0.2, -0.15) is 5.10 Å². The van der Waals surface area contributed by atoms with Gasteiger partial charge in [0.1, 0.15) is 0 Å². The molecule has 90 valence electrons. The van der Waals surface area contributed by atoms with E-state index in [1.54, 1.807) is 12.3 Å². The highest BCUT2D eigenvalue weighted by Crippen LogP contribution is 2.25. The minimum atomic E-state index is -0.258. The summed E-state index contributed by atoms with van der Waals surface area (Å²) >= 11 is 11.9. The molecule has 3 nitrogen and oxygen atoms in total. The Hall–Kier alpha value is -1.03.